The summed E-state index contributed by atoms with van der Waals surface area (Å²) < 4.78 is 13.7. The highest BCUT2D eigenvalue weighted by molar-refractivity contribution is 5.82. The summed E-state index contributed by atoms with van der Waals surface area (Å²) in [6, 6.07) is 3.09. The number of benzene rings is 1. The Kier molecular flexibility index (Phi) is 4.28. The molecule has 0 spiro atoms. The number of carbonyl (C=O) groups is 1. The molecule has 0 aromatic heterocycles. The molecule has 2 rings (SSSR count). The van der Waals surface area contributed by atoms with E-state index in [1.807, 2.05) is 4.90 Å². The van der Waals surface area contributed by atoms with E-state index in [1.54, 1.807) is 31.9 Å². The topological polar surface area (TPSA) is 43.8 Å². The average Bonchev–Trinajstić information content (AvgIpc) is 2.54. The number of hydrogen-bond donors (Lipinski definition) is 1. The van der Waals surface area contributed by atoms with Crippen molar-refractivity contribution in [1.29, 1.82) is 0 Å². The SMILES string of the molecule is Cc1cc(N2CCCN(C)C(=O)C2)c([C@@H](C)O)cc1F. The van der Waals surface area contributed by atoms with Gasteiger partial charge in [0.25, 0.3) is 0 Å². The number of aliphatic hydroxyl groups is 1. The number of carbonyl (C=O) groups excluding carboxylic acids is 1. The van der Waals surface area contributed by atoms with E-state index in [2.05, 4.69) is 0 Å². The molecule has 0 radical (unpaired) electrons. The second kappa shape index (κ2) is 5.79. The molecule has 4 nitrogen and oxygen atoms in total. The van der Waals surface area contributed by atoms with Crippen molar-refractivity contribution < 1.29 is 14.3 Å². The van der Waals surface area contributed by atoms with E-state index in [1.165, 1.54) is 6.07 Å². The summed E-state index contributed by atoms with van der Waals surface area (Å²) in [6.45, 7) is 5.01. The molecule has 1 aromatic carbocycles. The second-order valence-electron chi connectivity index (χ2n) is 5.43. The zero-order chi connectivity index (χ0) is 14.9. The van der Waals surface area contributed by atoms with Crippen molar-refractivity contribution in [1.82, 2.24) is 4.90 Å². The molecule has 0 saturated carbocycles. The summed E-state index contributed by atoms with van der Waals surface area (Å²) >= 11 is 0. The number of aryl methyl sites for hydroxylation is 1. The summed E-state index contributed by atoms with van der Waals surface area (Å²) in [4.78, 5) is 15.6. The molecule has 1 amide bonds. The van der Waals surface area contributed by atoms with Crippen LogP contribution in [0, 0.1) is 12.7 Å². The zero-order valence-corrected chi connectivity index (χ0v) is 12.2. The predicted molar refractivity (Wildman–Crippen MR) is 76.2 cm³/mol. The minimum Gasteiger partial charge on any atom is -0.389 e. The van der Waals surface area contributed by atoms with Gasteiger partial charge in [-0.15, -0.1) is 0 Å². The van der Waals surface area contributed by atoms with Crippen molar-refractivity contribution in [2.24, 2.45) is 0 Å². The van der Waals surface area contributed by atoms with E-state index >= 15 is 0 Å². The smallest absolute Gasteiger partial charge is 0.241 e. The molecule has 1 atom stereocenters. The Labute approximate surface area is 118 Å². The first-order chi connectivity index (χ1) is 9.40. The first kappa shape index (κ1) is 14.8. The number of nitrogens with zero attached hydrogens (tertiary/aromatic N) is 2. The van der Waals surface area contributed by atoms with E-state index < -0.39 is 6.10 Å². The number of halogens is 1. The molecular weight excluding hydrogens is 259 g/mol. The van der Waals surface area contributed by atoms with Crippen LogP contribution < -0.4 is 4.90 Å². The maximum Gasteiger partial charge on any atom is 0.241 e. The number of rotatable bonds is 2. The van der Waals surface area contributed by atoms with Crippen molar-refractivity contribution in [3.05, 3.63) is 29.1 Å². The van der Waals surface area contributed by atoms with Gasteiger partial charge in [-0.1, -0.05) is 0 Å². The fraction of sp³-hybridized carbons (Fsp3) is 0.533. The number of aliphatic hydroxyl groups excluding tert-OH is 1. The fourth-order valence-corrected chi connectivity index (χ4v) is 2.48. The summed E-state index contributed by atoms with van der Waals surface area (Å²) in [6.07, 6.45) is 0.0916. The lowest BCUT2D eigenvalue weighted by molar-refractivity contribution is -0.127. The summed E-state index contributed by atoms with van der Waals surface area (Å²) in [5.74, 6) is -0.288. The summed E-state index contributed by atoms with van der Waals surface area (Å²) in [5, 5.41) is 9.85. The van der Waals surface area contributed by atoms with Gasteiger partial charge in [-0.25, -0.2) is 4.39 Å². The highest BCUT2D eigenvalue weighted by atomic mass is 19.1. The predicted octanol–water partition coefficient (Wildman–Crippen LogP) is 1.86. The fourth-order valence-electron chi connectivity index (χ4n) is 2.48. The zero-order valence-electron chi connectivity index (χ0n) is 12.2. The van der Waals surface area contributed by atoms with Crippen LogP contribution in [0.4, 0.5) is 10.1 Å². The molecule has 20 heavy (non-hydrogen) atoms. The number of hydrogen-bond acceptors (Lipinski definition) is 3. The van der Waals surface area contributed by atoms with Gasteiger partial charge in [-0.3, -0.25) is 4.79 Å². The third-order valence-corrected chi connectivity index (χ3v) is 3.77. The highest BCUT2D eigenvalue weighted by Crippen LogP contribution is 2.30. The molecule has 0 bridgehead atoms. The summed E-state index contributed by atoms with van der Waals surface area (Å²) in [5.41, 5.74) is 1.81. The molecule has 1 aliphatic rings. The molecular formula is C15H21FN2O2. The lowest BCUT2D eigenvalue weighted by atomic mass is 10.0. The maximum absolute atomic E-state index is 13.7. The van der Waals surface area contributed by atoms with Crippen LogP contribution in [0.3, 0.4) is 0 Å². The molecule has 1 aliphatic heterocycles. The van der Waals surface area contributed by atoms with Crippen molar-refractivity contribution in [3.63, 3.8) is 0 Å². The Morgan fingerprint density at radius 1 is 1.35 bits per heavy atom. The Morgan fingerprint density at radius 3 is 2.70 bits per heavy atom. The van der Waals surface area contributed by atoms with Crippen molar-refractivity contribution in [3.8, 4) is 0 Å². The Hall–Kier alpha value is -1.62. The van der Waals surface area contributed by atoms with E-state index in [-0.39, 0.29) is 18.3 Å². The molecule has 5 heteroatoms. The Balaban J connectivity index is 2.40. The monoisotopic (exact) mass is 280 g/mol. The molecule has 1 saturated heterocycles. The van der Waals surface area contributed by atoms with E-state index in [4.69, 9.17) is 0 Å². The van der Waals surface area contributed by atoms with Gasteiger partial charge in [0, 0.05) is 31.4 Å². The molecule has 0 unspecified atom stereocenters. The molecule has 1 heterocycles. The highest BCUT2D eigenvalue weighted by Gasteiger charge is 2.23. The van der Waals surface area contributed by atoms with Crippen molar-refractivity contribution >= 4 is 11.6 Å². The standard InChI is InChI=1S/C15H21FN2O2/c1-10-7-14(12(11(2)19)8-13(10)16)18-6-4-5-17(3)15(20)9-18/h7-8,11,19H,4-6,9H2,1-3H3/t11-/m1/s1. The molecule has 1 N–H and O–H groups in total. The second-order valence-corrected chi connectivity index (χ2v) is 5.43. The first-order valence-corrected chi connectivity index (χ1v) is 6.87. The van der Waals surface area contributed by atoms with Crippen LogP contribution in [0.1, 0.15) is 30.6 Å². The van der Waals surface area contributed by atoms with Gasteiger partial charge < -0.3 is 14.9 Å². The van der Waals surface area contributed by atoms with Gasteiger partial charge in [-0.05, 0) is 38.0 Å². The van der Waals surface area contributed by atoms with Gasteiger partial charge in [0.05, 0.1) is 12.6 Å². The lowest BCUT2D eigenvalue weighted by Crippen LogP contribution is -2.35. The minimum absolute atomic E-state index is 0.0426. The lowest BCUT2D eigenvalue weighted by Gasteiger charge is -2.26. The normalized spacial score (nSPS) is 18.1. The van der Waals surface area contributed by atoms with Crippen LogP contribution in [-0.4, -0.2) is 42.6 Å². The maximum atomic E-state index is 13.7. The number of anilines is 1. The van der Waals surface area contributed by atoms with Crippen LogP contribution in [0.2, 0.25) is 0 Å². The molecule has 1 fully saturated rings. The molecule has 1 aromatic rings. The minimum atomic E-state index is -0.767. The van der Waals surface area contributed by atoms with Crippen LogP contribution in [0.15, 0.2) is 12.1 Å². The van der Waals surface area contributed by atoms with Crippen molar-refractivity contribution in [2.45, 2.75) is 26.4 Å². The van der Waals surface area contributed by atoms with Gasteiger partial charge in [0.2, 0.25) is 5.91 Å². The average molecular weight is 280 g/mol. The van der Waals surface area contributed by atoms with Gasteiger partial charge >= 0.3 is 0 Å². The Morgan fingerprint density at radius 2 is 2.05 bits per heavy atom. The summed E-state index contributed by atoms with van der Waals surface area (Å²) in [7, 11) is 1.79. The van der Waals surface area contributed by atoms with E-state index in [0.717, 1.165) is 25.2 Å². The van der Waals surface area contributed by atoms with Crippen molar-refractivity contribution in [2.75, 3.05) is 31.6 Å². The molecule has 0 aliphatic carbocycles. The van der Waals surface area contributed by atoms with Crippen LogP contribution >= 0.6 is 0 Å². The van der Waals surface area contributed by atoms with E-state index in [0.29, 0.717) is 11.1 Å². The third-order valence-electron chi connectivity index (χ3n) is 3.77. The van der Waals surface area contributed by atoms with Gasteiger partial charge in [0.15, 0.2) is 0 Å². The van der Waals surface area contributed by atoms with Crippen LogP contribution in [0.25, 0.3) is 0 Å². The third kappa shape index (κ3) is 2.93. The van der Waals surface area contributed by atoms with Gasteiger partial charge in [0.1, 0.15) is 5.82 Å². The largest absolute Gasteiger partial charge is 0.389 e. The Bertz CT molecular complexity index is 517. The number of amides is 1. The number of likely N-dealkylation sites (N-methyl/N-ethyl adjacent to an activating group) is 1. The quantitative estimate of drug-likeness (QED) is 0.899. The van der Waals surface area contributed by atoms with Crippen LogP contribution in [-0.2, 0) is 4.79 Å². The molecule has 110 valence electrons. The van der Waals surface area contributed by atoms with Gasteiger partial charge in [-0.2, -0.15) is 0 Å². The van der Waals surface area contributed by atoms with E-state index in [9.17, 15) is 14.3 Å². The first-order valence-electron chi connectivity index (χ1n) is 6.87. The van der Waals surface area contributed by atoms with Crippen LogP contribution in [0.5, 0.6) is 0 Å².